The van der Waals surface area contributed by atoms with Crippen molar-refractivity contribution >= 4 is 0 Å². The number of hydrogen-bond donors (Lipinski definition) is 1. The van der Waals surface area contributed by atoms with Crippen LogP contribution in [-0.2, 0) is 28.7 Å². The van der Waals surface area contributed by atoms with Gasteiger partial charge in [0, 0.05) is 12.0 Å². The highest BCUT2D eigenvalue weighted by Crippen LogP contribution is 2.56. The monoisotopic (exact) mass is 356 g/mol. The quantitative estimate of drug-likeness (QED) is 0.860. The summed E-state index contributed by atoms with van der Waals surface area (Å²) >= 11 is 0. The molecular formula is C23H32O3. The molecule has 142 valence electrons. The lowest BCUT2D eigenvalue weighted by Gasteiger charge is -2.42. The molecule has 1 aliphatic heterocycles. The zero-order chi connectivity index (χ0) is 17.7. The zero-order valence-corrected chi connectivity index (χ0v) is 16.0. The van der Waals surface area contributed by atoms with E-state index in [9.17, 15) is 5.11 Å². The minimum absolute atomic E-state index is 0.0219. The van der Waals surface area contributed by atoms with Crippen LogP contribution in [0.15, 0.2) is 12.1 Å². The third-order valence-corrected chi connectivity index (χ3v) is 7.79. The molecule has 5 atom stereocenters. The predicted octanol–water partition coefficient (Wildman–Crippen LogP) is 4.28. The van der Waals surface area contributed by atoms with Crippen molar-refractivity contribution in [2.24, 2.45) is 5.41 Å². The van der Waals surface area contributed by atoms with E-state index in [1.807, 2.05) is 0 Å². The summed E-state index contributed by atoms with van der Waals surface area (Å²) in [6.07, 6.45) is 11.4. The molecule has 1 saturated carbocycles. The number of hydrogen-bond acceptors (Lipinski definition) is 3. The Hall–Kier alpha value is -0.900. The highest BCUT2D eigenvalue weighted by Gasteiger charge is 2.49. The minimum atomic E-state index is -0.120. The highest BCUT2D eigenvalue weighted by atomic mass is 16.7. The Bertz CT molecular complexity index is 678. The van der Waals surface area contributed by atoms with Gasteiger partial charge in [-0.25, -0.2) is 0 Å². The summed E-state index contributed by atoms with van der Waals surface area (Å²) in [5.74, 6) is 0.552. The van der Waals surface area contributed by atoms with Gasteiger partial charge >= 0.3 is 0 Å². The summed E-state index contributed by atoms with van der Waals surface area (Å²) in [6.45, 7) is 3.17. The lowest BCUT2D eigenvalue weighted by molar-refractivity contribution is -0.189. The Labute approximate surface area is 157 Å². The number of aliphatic hydroxyl groups excluding tert-OH is 1. The van der Waals surface area contributed by atoms with Crippen LogP contribution in [-0.4, -0.2) is 30.2 Å². The van der Waals surface area contributed by atoms with Crippen molar-refractivity contribution in [1.82, 2.24) is 0 Å². The van der Waals surface area contributed by atoms with Gasteiger partial charge in [0.15, 0.2) is 6.29 Å². The van der Waals surface area contributed by atoms with Gasteiger partial charge in [0.05, 0.1) is 12.2 Å². The largest absolute Gasteiger partial charge is 0.393 e. The fourth-order valence-electron chi connectivity index (χ4n) is 6.15. The van der Waals surface area contributed by atoms with E-state index in [1.165, 1.54) is 18.4 Å². The van der Waals surface area contributed by atoms with Crippen molar-refractivity contribution in [3.8, 4) is 0 Å². The molecular weight excluding hydrogens is 324 g/mol. The Balaban J connectivity index is 1.36. The third kappa shape index (κ3) is 2.75. The molecule has 0 aromatic heterocycles. The van der Waals surface area contributed by atoms with Gasteiger partial charge in [0.2, 0.25) is 0 Å². The Morgan fingerprint density at radius 2 is 2.00 bits per heavy atom. The molecule has 0 spiro atoms. The number of fused-ring (bicyclic) bond motifs is 5. The molecule has 1 N–H and O–H groups in total. The lowest BCUT2D eigenvalue weighted by atomic mass is 9.64. The molecule has 26 heavy (non-hydrogen) atoms. The first-order valence-electron chi connectivity index (χ1n) is 10.7. The first kappa shape index (κ1) is 17.2. The molecule has 0 radical (unpaired) electrons. The maximum absolute atomic E-state index is 10.5. The molecule has 0 bridgehead atoms. The second-order valence-corrected chi connectivity index (χ2v) is 9.22. The van der Waals surface area contributed by atoms with Crippen molar-refractivity contribution in [1.29, 1.82) is 0 Å². The molecule has 1 aromatic carbocycles. The van der Waals surface area contributed by atoms with E-state index in [0.29, 0.717) is 12.0 Å². The van der Waals surface area contributed by atoms with Gasteiger partial charge < -0.3 is 14.6 Å². The number of aliphatic hydroxyl groups is 1. The minimum Gasteiger partial charge on any atom is -0.393 e. The van der Waals surface area contributed by atoms with E-state index in [1.54, 1.807) is 16.7 Å². The molecule has 2 fully saturated rings. The Morgan fingerprint density at radius 1 is 1.08 bits per heavy atom. The van der Waals surface area contributed by atoms with Crippen LogP contribution in [0.5, 0.6) is 0 Å². The van der Waals surface area contributed by atoms with Crippen LogP contribution < -0.4 is 0 Å². The van der Waals surface area contributed by atoms with Gasteiger partial charge in [-0.15, -0.1) is 0 Å². The third-order valence-electron chi connectivity index (χ3n) is 7.79. The number of ether oxygens (including phenoxy) is 2. The average molecular weight is 357 g/mol. The maximum atomic E-state index is 10.5. The molecule has 1 aromatic rings. The van der Waals surface area contributed by atoms with Crippen LogP contribution in [0.4, 0.5) is 0 Å². The van der Waals surface area contributed by atoms with Crippen molar-refractivity contribution < 1.29 is 14.6 Å². The lowest BCUT2D eigenvalue weighted by Crippen LogP contribution is -2.36. The Morgan fingerprint density at radius 3 is 2.85 bits per heavy atom. The average Bonchev–Trinajstić information content (AvgIpc) is 2.97. The molecule has 4 aliphatic rings. The number of rotatable bonds is 2. The van der Waals surface area contributed by atoms with Crippen molar-refractivity contribution in [2.75, 3.05) is 6.61 Å². The Kier molecular flexibility index (Phi) is 4.38. The molecule has 1 saturated heterocycles. The van der Waals surface area contributed by atoms with E-state index < -0.39 is 0 Å². The van der Waals surface area contributed by atoms with Crippen LogP contribution in [0.2, 0.25) is 0 Å². The van der Waals surface area contributed by atoms with E-state index in [4.69, 9.17) is 9.47 Å². The summed E-state index contributed by atoms with van der Waals surface area (Å²) in [5.41, 5.74) is 6.36. The van der Waals surface area contributed by atoms with Crippen LogP contribution in [0.25, 0.3) is 0 Å². The van der Waals surface area contributed by atoms with Crippen molar-refractivity contribution in [3.05, 3.63) is 34.4 Å². The first-order chi connectivity index (χ1) is 12.6. The van der Waals surface area contributed by atoms with Gasteiger partial charge in [-0.05, 0) is 92.4 Å². The van der Waals surface area contributed by atoms with Crippen molar-refractivity contribution in [2.45, 2.75) is 95.5 Å². The van der Waals surface area contributed by atoms with Crippen LogP contribution in [0.3, 0.4) is 0 Å². The molecule has 3 heteroatoms. The van der Waals surface area contributed by atoms with E-state index >= 15 is 0 Å². The van der Waals surface area contributed by atoms with Gasteiger partial charge in [0.1, 0.15) is 0 Å². The normalized spacial score (nSPS) is 39.2. The van der Waals surface area contributed by atoms with Gasteiger partial charge in [-0.3, -0.25) is 0 Å². The standard InChI is InChI=1S/C23H32O3/c1-23-12-11-18-17-8-6-16(26-22-4-2-3-13-25-22)14-15(17)5-7-19(18)20(23)9-10-21(23)24/h5,7,16,20-22,24H,2-4,6,8-14H2,1H3/t16-,20?,21+,22?,23?/m0/s1. The fourth-order valence-corrected chi connectivity index (χ4v) is 6.15. The molecule has 3 nitrogen and oxygen atoms in total. The SMILES string of the molecule is CC12CCc3c(ccc4c3CC[C@H](OC3CCCCO3)C4)C1CC[C@H]2O. The molecule has 1 heterocycles. The van der Waals surface area contributed by atoms with Crippen LogP contribution in [0, 0.1) is 5.41 Å². The van der Waals surface area contributed by atoms with E-state index in [-0.39, 0.29) is 17.8 Å². The summed E-state index contributed by atoms with van der Waals surface area (Å²) in [7, 11) is 0. The van der Waals surface area contributed by atoms with Crippen LogP contribution in [0.1, 0.15) is 80.0 Å². The zero-order valence-electron chi connectivity index (χ0n) is 16.0. The van der Waals surface area contributed by atoms with Crippen molar-refractivity contribution in [3.63, 3.8) is 0 Å². The van der Waals surface area contributed by atoms with Crippen LogP contribution >= 0.6 is 0 Å². The topological polar surface area (TPSA) is 38.7 Å². The molecule has 5 rings (SSSR count). The maximum Gasteiger partial charge on any atom is 0.157 e. The van der Waals surface area contributed by atoms with Gasteiger partial charge in [0.25, 0.3) is 0 Å². The van der Waals surface area contributed by atoms with Gasteiger partial charge in [-0.1, -0.05) is 19.1 Å². The summed E-state index contributed by atoms with van der Waals surface area (Å²) in [4.78, 5) is 0. The highest BCUT2D eigenvalue weighted by molar-refractivity contribution is 5.47. The number of benzene rings is 1. The molecule has 0 amide bonds. The summed E-state index contributed by atoms with van der Waals surface area (Å²) < 4.78 is 12.1. The van der Waals surface area contributed by atoms with E-state index in [0.717, 1.165) is 58.0 Å². The van der Waals surface area contributed by atoms with E-state index in [2.05, 4.69) is 19.1 Å². The first-order valence-corrected chi connectivity index (χ1v) is 10.7. The smallest absolute Gasteiger partial charge is 0.157 e. The second-order valence-electron chi connectivity index (χ2n) is 9.22. The second kappa shape index (κ2) is 6.61. The fraction of sp³-hybridized carbons (Fsp3) is 0.739. The summed E-state index contributed by atoms with van der Waals surface area (Å²) in [5, 5.41) is 10.5. The molecule has 3 aliphatic carbocycles. The predicted molar refractivity (Wildman–Crippen MR) is 101 cm³/mol. The molecule has 3 unspecified atom stereocenters. The van der Waals surface area contributed by atoms with Gasteiger partial charge in [-0.2, -0.15) is 0 Å². The summed E-state index contributed by atoms with van der Waals surface area (Å²) in [6, 6.07) is 4.75.